The van der Waals surface area contributed by atoms with Crippen LogP contribution in [0.3, 0.4) is 0 Å². The molecule has 0 aliphatic heterocycles. The van der Waals surface area contributed by atoms with Gasteiger partial charge in [-0.2, -0.15) is 0 Å². The van der Waals surface area contributed by atoms with Crippen molar-refractivity contribution >= 4 is 12.9 Å². The van der Waals surface area contributed by atoms with E-state index in [1.54, 1.807) is 0 Å². The predicted molar refractivity (Wildman–Crippen MR) is 52.1 cm³/mol. The standard InChI is InChI=1S/C9H10FO3P/c1-2-9(14(11,12)13)7-5-3-4-6-8(7)10/h2-6H,1H3,(H2,11,12,13). The van der Waals surface area contributed by atoms with Gasteiger partial charge in [0.15, 0.2) is 0 Å². The third-order valence-electron chi connectivity index (χ3n) is 1.74. The molecule has 0 saturated carbocycles. The van der Waals surface area contributed by atoms with Crippen molar-refractivity contribution in [2.45, 2.75) is 6.92 Å². The quantitative estimate of drug-likeness (QED) is 0.746. The van der Waals surface area contributed by atoms with Crippen molar-refractivity contribution in [3.05, 3.63) is 41.7 Å². The molecule has 76 valence electrons. The van der Waals surface area contributed by atoms with Crippen molar-refractivity contribution in [2.75, 3.05) is 0 Å². The Morgan fingerprint density at radius 1 is 1.43 bits per heavy atom. The van der Waals surface area contributed by atoms with Crippen LogP contribution in [-0.2, 0) is 4.57 Å². The van der Waals surface area contributed by atoms with E-state index in [-0.39, 0.29) is 10.9 Å². The van der Waals surface area contributed by atoms with Crippen LogP contribution in [0.25, 0.3) is 5.31 Å². The Morgan fingerprint density at radius 2 is 2.00 bits per heavy atom. The first kappa shape index (κ1) is 11.1. The summed E-state index contributed by atoms with van der Waals surface area (Å²) in [5, 5.41) is -0.282. The molecule has 1 aromatic carbocycles. The molecular formula is C9H10FO3P. The molecule has 0 saturated heterocycles. The molecule has 0 fully saturated rings. The summed E-state index contributed by atoms with van der Waals surface area (Å²) in [6, 6.07) is 5.49. The van der Waals surface area contributed by atoms with Crippen molar-refractivity contribution in [3.8, 4) is 0 Å². The summed E-state index contributed by atoms with van der Waals surface area (Å²) in [6.45, 7) is 1.46. The molecule has 0 atom stereocenters. The van der Waals surface area contributed by atoms with Gasteiger partial charge >= 0.3 is 7.60 Å². The van der Waals surface area contributed by atoms with E-state index in [1.165, 1.54) is 31.2 Å². The highest BCUT2D eigenvalue weighted by Gasteiger charge is 2.23. The van der Waals surface area contributed by atoms with Gasteiger partial charge in [0.25, 0.3) is 0 Å². The fourth-order valence-electron chi connectivity index (χ4n) is 1.15. The van der Waals surface area contributed by atoms with Crippen LogP contribution in [0.4, 0.5) is 4.39 Å². The van der Waals surface area contributed by atoms with Gasteiger partial charge in [0.2, 0.25) is 0 Å². The molecule has 0 aromatic heterocycles. The Kier molecular flexibility index (Phi) is 3.21. The maximum absolute atomic E-state index is 13.2. The van der Waals surface area contributed by atoms with Crippen LogP contribution in [0.15, 0.2) is 30.3 Å². The smallest absolute Gasteiger partial charge is 0.321 e. The summed E-state index contributed by atoms with van der Waals surface area (Å²) in [4.78, 5) is 17.9. The number of rotatable bonds is 2. The molecule has 5 heteroatoms. The number of allylic oxidation sites excluding steroid dienone is 1. The van der Waals surface area contributed by atoms with Gasteiger partial charge in [-0.25, -0.2) is 4.39 Å². The van der Waals surface area contributed by atoms with E-state index in [0.29, 0.717) is 0 Å². The van der Waals surface area contributed by atoms with Crippen LogP contribution in [0.1, 0.15) is 12.5 Å². The van der Waals surface area contributed by atoms with Crippen molar-refractivity contribution in [3.63, 3.8) is 0 Å². The number of halogens is 1. The van der Waals surface area contributed by atoms with Crippen LogP contribution in [0.5, 0.6) is 0 Å². The molecule has 14 heavy (non-hydrogen) atoms. The summed E-state index contributed by atoms with van der Waals surface area (Å²) in [5.74, 6) is -0.635. The van der Waals surface area contributed by atoms with Crippen LogP contribution in [-0.4, -0.2) is 9.79 Å². The van der Waals surface area contributed by atoms with Crippen LogP contribution in [0.2, 0.25) is 0 Å². The fourth-order valence-corrected chi connectivity index (χ4v) is 1.98. The van der Waals surface area contributed by atoms with Crippen molar-refractivity contribution < 1.29 is 18.7 Å². The first-order chi connectivity index (χ1) is 6.46. The molecule has 0 amide bonds. The van der Waals surface area contributed by atoms with E-state index >= 15 is 0 Å². The van der Waals surface area contributed by atoms with Crippen molar-refractivity contribution in [2.24, 2.45) is 0 Å². The average Bonchev–Trinajstić information content (AvgIpc) is 2.07. The third-order valence-corrected chi connectivity index (χ3v) is 2.86. The van der Waals surface area contributed by atoms with Crippen LogP contribution < -0.4 is 0 Å². The summed E-state index contributed by atoms with van der Waals surface area (Å²) < 4.78 is 24.1. The predicted octanol–water partition coefficient (Wildman–Crippen LogP) is 2.36. The zero-order chi connectivity index (χ0) is 10.8. The lowest BCUT2D eigenvalue weighted by molar-refractivity contribution is 0.388. The van der Waals surface area contributed by atoms with Crippen molar-refractivity contribution in [1.82, 2.24) is 0 Å². The van der Waals surface area contributed by atoms with Gasteiger partial charge in [0.1, 0.15) is 5.82 Å². The van der Waals surface area contributed by atoms with Gasteiger partial charge in [-0.3, -0.25) is 4.57 Å². The van der Waals surface area contributed by atoms with Gasteiger partial charge in [0.05, 0.1) is 5.31 Å². The van der Waals surface area contributed by atoms with Gasteiger partial charge in [-0.1, -0.05) is 24.3 Å². The molecule has 1 rings (SSSR count). The molecular weight excluding hydrogens is 206 g/mol. The Balaban J connectivity index is 3.30. The van der Waals surface area contributed by atoms with Gasteiger partial charge in [-0.05, 0) is 13.0 Å². The molecule has 0 spiro atoms. The minimum absolute atomic E-state index is 0.0525. The Morgan fingerprint density at radius 3 is 2.43 bits per heavy atom. The Hall–Kier alpha value is -0.960. The molecule has 0 heterocycles. The summed E-state index contributed by atoms with van der Waals surface area (Å²) in [7, 11) is -4.40. The maximum Gasteiger partial charge on any atom is 0.356 e. The lowest BCUT2D eigenvalue weighted by Gasteiger charge is -2.09. The second-order valence-corrected chi connectivity index (χ2v) is 4.27. The highest BCUT2D eigenvalue weighted by atomic mass is 31.2. The van der Waals surface area contributed by atoms with Crippen LogP contribution in [0, 0.1) is 5.82 Å². The largest absolute Gasteiger partial charge is 0.356 e. The lowest BCUT2D eigenvalue weighted by Crippen LogP contribution is -1.90. The highest BCUT2D eigenvalue weighted by molar-refractivity contribution is 7.63. The van der Waals surface area contributed by atoms with E-state index in [1.807, 2.05) is 0 Å². The van der Waals surface area contributed by atoms with E-state index in [0.717, 1.165) is 6.07 Å². The average molecular weight is 216 g/mol. The summed E-state index contributed by atoms with van der Waals surface area (Å²) in [6.07, 6.45) is 1.22. The molecule has 0 unspecified atom stereocenters. The van der Waals surface area contributed by atoms with Gasteiger partial charge < -0.3 is 9.79 Å². The molecule has 0 bridgehead atoms. The summed E-state index contributed by atoms with van der Waals surface area (Å²) >= 11 is 0. The minimum Gasteiger partial charge on any atom is -0.321 e. The second-order valence-electron chi connectivity index (χ2n) is 2.70. The molecule has 2 N–H and O–H groups in total. The van der Waals surface area contributed by atoms with E-state index < -0.39 is 13.4 Å². The Labute approximate surface area is 81.1 Å². The zero-order valence-electron chi connectivity index (χ0n) is 7.51. The van der Waals surface area contributed by atoms with E-state index in [2.05, 4.69) is 0 Å². The van der Waals surface area contributed by atoms with E-state index in [4.69, 9.17) is 9.79 Å². The zero-order valence-corrected chi connectivity index (χ0v) is 8.41. The number of hydrogen-bond donors (Lipinski definition) is 2. The molecule has 0 radical (unpaired) electrons. The Bertz CT molecular complexity index is 408. The molecule has 3 nitrogen and oxygen atoms in total. The first-order valence-electron chi connectivity index (χ1n) is 3.94. The van der Waals surface area contributed by atoms with Crippen LogP contribution >= 0.6 is 7.60 Å². The number of benzene rings is 1. The van der Waals surface area contributed by atoms with Crippen molar-refractivity contribution in [1.29, 1.82) is 0 Å². The SMILES string of the molecule is CC=C(c1ccccc1F)P(=O)(O)O. The monoisotopic (exact) mass is 216 g/mol. The highest BCUT2D eigenvalue weighted by Crippen LogP contribution is 2.51. The van der Waals surface area contributed by atoms with Gasteiger partial charge in [-0.15, -0.1) is 0 Å². The summed E-state index contributed by atoms with van der Waals surface area (Å²) in [5.41, 5.74) is -0.0525. The van der Waals surface area contributed by atoms with Gasteiger partial charge in [0, 0.05) is 5.56 Å². The molecule has 0 aliphatic rings. The fraction of sp³-hybridized carbons (Fsp3) is 0.111. The molecule has 1 aromatic rings. The van der Waals surface area contributed by atoms with E-state index in [9.17, 15) is 8.96 Å². The first-order valence-corrected chi connectivity index (χ1v) is 5.55. The lowest BCUT2D eigenvalue weighted by atomic mass is 10.2. The number of hydrogen-bond acceptors (Lipinski definition) is 1. The topological polar surface area (TPSA) is 57.5 Å². The maximum atomic E-state index is 13.2. The second kappa shape index (κ2) is 4.05. The third kappa shape index (κ3) is 2.29. The normalized spacial score (nSPS) is 13.0. The minimum atomic E-state index is -4.40. The molecule has 0 aliphatic carbocycles.